The highest BCUT2D eigenvalue weighted by Crippen LogP contribution is 2.38. The minimum Gasteiger partial charge on any atom is -0.493 e. The van der Waals surface area contributed by atoms with E-state index < -0.39 is 0 Å². The van der Waals surface area contributed by atoms with Gasteiger partial charge in [0, 0.05) is 23.5 Å². The monoisotopic (exact) mass is 445 g/mol. The van der Waals surface area contributed by atoms with Gasteiger partial charge < -0.3 is 9.64 Å². The molecule has 5 heterocycles. The third-order valence-electron chi connectivity index (χ3n) is 6.75. The van der Waals surface area contributed by atoms with E-state index in [4.69, 9.17) is 14.8 Å². The molecule has 0 atom stereocenters. The van der Waals surface area contributed by atoms with Crippen LogP contribution in [0.5, 0.6) is 5.75 Å². The van der Waals surface area contributed by atoms with Crippen molar-refractivity contribution in [3.8, 4) is 28.4 Å². The number of aryl methyl sites for hydroxylation is 1. The van der Waals surface area contributed by atoms with Crippen LogP contribution in [0.2, 0.25) is 0 Å². The van der Waals surface area contributed by atoms with Crippen LogP contribution in [-0.4, -0.2) is 61.9 Å². The second-order valence-corrected chi connectivity index (χ2v) is 9.35. The first-order chi connectivity index (χ1) is 16.0. The van der Waals surface area contributed by atoms with Crippen molar-refractivity contribution in [2.75, 3.05) is 27.2 Å². The van der Waals surface area contributed by atoms with Crippen molar-refractivity contribution in [2.24, 2.45) is 0 Å². The number of likely N-dealkylation sites (tertiary alicyclic amines) is 1. The number of fused-ring (bicyclic) bond motifs is 1. The molecule has 0 spiro atoms. The van der Waals surface area contributed by atoms with Gasteiger partial charge in [-0.25, -0.2) is 9.50 Å². The van der Waals surface area contributed by atoms with Crippen molar-refractivity contribution in [1.82, 2.24) is 34.7 Å². The maximum Gasteiger partial charge on any atom is 0.197 e. The van der Waals surface area contributed by atoms with Gasteiger partial charge in [0.2, 0.25) is 0 Å². The summed E-state index contributed by atoms with van der Waals surface area (Å²) < 4.78 is 7.30. The maximum atomic E-state index is 5.56. The van der Waals surface area contributed by atoms with Crippen LogP contribution in [0.25, 0.3) is 28.3 Å². The van der Waals surface area contributed by atoms with Crippen molar-refractivity contribution in [2.45, 2.75) is 45.4 Å². The van der Waals surface area contributed by atoms with Gasteiger partial charge in [0.15, 0.2) is 11.4 Å². The number of rotatable bonds is 5. The molecule has 0 bridgehead atoms. The van der Waals surface area contributed by atoms with Crippen LogP contribution in [0.15, 0.2) is 30.9 Å². The predicted molar refractivity (Wildman–Crippen MR) is 129 cm³/mol. The molecular formula is C25H31N7O. The Morgan fingerprint density at radius 3 is 2.61 bits per heavy atom. The summed E-state index contributed by atoms with van der Waals surface area (Å²) in [4.78, 5) is 11.6. The van der Waals surface area contributed by atoms with Crippen LogP contribution in [0.4, 0.5) is 0 Å². The SMILES string of the molecule is COc1cc(-c2[nH]nc(-c3ncc(C4CCN(C)CC4)cc3C)c2C(C)C)cn2ncnc12. The Balaban J connectivity index is 1.55. The molecule has 0 aromatic carbocycles. The second-order valence-electron chi connectivity index (χ2n) is 9.35. The maximum absolute atomic E-state index is 5.56. The molecule has 1 aliphatic rings. The first kappa shape index (κ1) is 21.6. The second kappa shape index (κ2) is 8.59. The van der Waals surface area contributed by atoms with Crippen molar-refractivity contribution in [3.63, 3.8) is 0 Å². The number of ether oxygens (including phenoxy) is 1. The van der Waals surface area contributed by atoms with Gasteiger partial charge in [0.1, 0.15) is 12.0 Å². The summed E-state index contributed by atoms with van der Waals surface area (Å²) >= 11 is 0. The third kappa shape index (κ3) is 3.88. The molecule has 33 heavy (non-hydrogen) atoms. The standard InChI is InChI=1S/C25H31N7O/c1-15(2)21-23(19-11-20(33-5)25-27-14-28-32(25)13-19)29-30-24(21)22-16(3)10-18(12-26-22)17-6-8-31(4)9-7-17/h10-15,17H,6-9H2,1-5H3,(H,29,30). The van der Waals surface area contributed by atoms with E-state index in [1.807, 2.05) is 12.3 Å². The molecular weight excluding hydrogens is 414 g/mol. The van der Waals surface area contributed by atoms with E-state index in [0.717, 1.165) is 46.9 Å². The van der Waals surface area contributed by atoms with Crippen molar-refractivity contribution in [3.05, 3.63) is 47.5 Å². The minimum atomic E-state index is 0.251. The van der Waals surface area contributed by atoms with Gasteiger partial charge in [0.25, 0.3) is 0 Å². The zero-order chi connectivity index (χ0) is 23.1. The Labute approximate surface area is 194 Å². The number of hydrogen-bond acceptors (Lipinski definition) is 6. The Hall–Kier alpha value is -3.26. The summed E-state index contributed by atoms with van der Waals surface area (Å²) in [5.74, 6) is 1.51. The molecule has 4 aromatic heterocycles. The van der Waals surface area contributed by atoms with E-state index in [1.165, 1.54) is 24.7 Å². The molecule has 1 aliphatic heterocycles. The quantitative estimate of drug-likeness (QED) is 0.489. The van der Waals surface area contributed by atoms with Crippen molar-refractivity contribution >= 4 is 5.65 Å². The Morgan fingerprint density at radius 2 is 1.91 bits per heavy atom. The predicted octanol–water partition coefficient (Wildman–Crippen LogP) is 4.43. The zero-order valence-electron chi connectivity index (χ0n) is 20.0. The molecule has 8 nitrogen and oxygen atoms in total. The Bertz CT molecular complexity index is 1280. The molecule has 5 rings (SSSR count). The molecule has 8 heteroatoms. The van der Waals surface area contributed by atoms with Crippen LogP contribution in [0, 0.1) is 6.92 Å². The van der Waals surface area contributed by atoms with E-state index in [9.17, 15) is 0 Å². The van der Waals surface area contributed by atoms with Crippen molar-refractivity contribution in [1.29, 1.82) is 0 Å². The average molecular weight is 446 g/mol. The topological polar surface area (TPSA) is 84.2 Å². The molecule has 1 N–H and O–H groups in total. The lowest BCUT2D eigenvalue weighted by atomic mass is 9.89. The highest BCUT2D eigenvalue weighted by Gasteiger charge is 2.24. The van der Waals surface area contributed by atoms with E-state index >= 15 is 0 Å². The lowest BCUT2D eigenvalue weighted by molar-refractivity contribution is 0.255. The number of pyridine rings is 2. The van der Waals surface area contributed by atoms with Gasteiger partial charge >= 0.3 is 0 Å². The highest BCUT2D eigenvalue weighted by molar-refractivity contribution is 5.76. The van der Waals surface area contributed by atoms with Crippen molar-refractivity contribution < 1.29 is 4.74 Å². The minimum absolute atomic E-state index is 0.251. The molecule has 0 aliphatic carbocycles. The van der Waals surface area contributed by atoms with Crippen LogP contribution in [-0.2, 0) is 0 Å². The number of aromatic amines is 1. The molecule has 0 saturated carbocycles. The number of piperidine rings is 1. The summed E-state index contributed by atoms with van der Waals surface area (Å²) in [7, 11) is 3.84. The highest BCUT2D eigenvalue weighted by atomic mass is 16.5. The van der Waals surface area contributed by atoms with Gasteiger partial charge in [-0.15, -0.1) is 0 Å². The first-order valence-electron chi connectivity index (χ1n) is 11.6. The van der Waals surface area contributed by atoms with Crippen LogP contribution >= 0.6 is 0 Å². The van der Waals surface area contributed by atoms with Gasteiger partial charge in [-0.1, -0.05) is 19.9 Å². The van der Waals surface area contributed by atoms with E-state index in [1.54, 1.807) is 11.6 Å². The summed E-state index contributed by atoms with van der Waals surface area (Å²) in [5, 5.41) is 12.3. The molecule has 4 aromatic rings. The Kier molecular flexibility index (Phi) is 5.62. The molecule has 1 saturated heterocycles. The molecule has 0 radical (unpaired) electrons. The summed E-state index contributed by atoms with van der Waals surface area (Å²) in [5.41, 5.74) is 8.08. The fourth-order valence-corrected chi connectivity index (χ4v) is 4.91. The number of methoxy groups -OCH3 is 1. The van der Waals surface area contributed by atoms with Crippen LogP contribution in [0.1, 0.15) is 55.2 Å². The number of hydrogen-bond donors (Lipinski definition) is 1. The molecule has 1 fully saturated rings. The lowest BCUT2D eigenvalue weighted by Crippen LogP contribution is -2.29. The van der Waals surface area contributed by atoms with Gasteiger partial charge in [0.05, 0.1) is 18.5 Å². The fourth-order valence-electron chi connectivity index (χ4n) is 4.91. The molecule has 0 amide bonds. The molecule has 0 unspecified atom stereocenters. The largest absolute Gasteiger partial charge is 0.493 e. The zero-order valence-corrected chi connectivity index (χ0v) is 20.0. The number of H-pyrrole nitrogens is 1. The Morgan fingerprint density at radius 1 is 1.12 bits per heavy atom. The van der Waals surface area contributed by atoms with Gasteiger partial charge in [-0.05, 0) is 68.9 Å². The summed E-state index contributed by atoms with van der Waals surface area (Å²) in [6.45, 7) is 8.80. The number of nitrogens with one attached hydrogen (secondary N) is 1. The van der Waals surface area contributed by atoms with E-state index in [2.05, 4.69) is 60.2 Å². The van der Waals surface area contributed by atoms with E-state index in [-0.39, 0.29) is 5.92 Å². The van der Waals surface area contributed by atoms with Crippen LogP contribution < -0.4 is 4.74 Å². The smallest absolute Gasteiger partial charge is 0.197 e. The fraction of sp³-hybridized carbons (Fsp3) is 0.440. The third-order valence-corrected chi connectivity index (χ3v) is 6.75. The summed E-state index contributed by atoms with van der Waals surface area (Å²) in [6.07, 6.45) is 7.92. The van der Waals surface area contributed by atoms with Gasteiger partial charge in [-0.3, -0.25) is 10.1 Å². The van der Waals surface area contributed by atoms with Crippen LogP contribution in [0.3, 0.4) is 0 Å². The van der Waals surface area contributed by atoms with Gasteiger partial charge in [-0.2, -0.15) is 10.2 Å². The average Bonchev–Trinajstić information content (AvgIpc) is 3.46. The molecule has 172 valence electrons. The number of aromatic nitrogens is 6. The van der Waals surface area contributed by atoms with E-state index in [0.29, 0.717) is 17.3 Å². The summed E-state index contributed by atoms with van der Waals surface area (Å²) in [6, 6.07) is 4.29. The number of nitrogens with zero attached hydrogens (tertiary/aromatic N) is 6. The lowest BCUT2D eigenvalue weighted by Gasteiger charge is -2.29. The normalized spacial score (nSPS) is 15.6. The first-order valence-corrected chi connectivity index (χ1v) is 11.6.